The molecule has 14 aromatic rings. The molecule has 0 aliphatic rings. The molecule has 0 aliphatic heterocycles. The molecular formula is C78H67N5O. The van der Waals surface area contributed by atoms with Crippen LogP contribution in [0.3, 0.4) is 0 Å². The number of hydrogen-bond donors (Lipinski definition) is 0. The Bertz CT molecular complexity index is 5210. The number of imidazole rings is 1. The zero-order valence-corrected chi connectivity index (χ0v) is 48.4. The fourth-order valence-electron chi connectivity index (χ4n) is 12.1. The summed E-state index contributed by atoms with van der Waals surface area (Å²) < 4.78 is 86.4. The van der Waals surface area contributed by atoms with Gasteiger partial charge in [0.15, 0.2) is 0 Å². The van der Waals surface area contributed by atoms with Crippen molar-refractivity contribution in [1.82, 2.24) is 18.7 Å². The number of hydrogen-bond acceptors (Lipinski definition) is 2. The van der Waals surface area contributed by atoms with E-state index in [1.165, 1.54) is 16.7 Å². The molecule has 0 atom stereocenters. The van der Waals surface area contributed by atoms with E-state index in [9.17, 15) is 2.74 Å². The highest BCUT2D eigenvalue weighted by Crippen LogP contribution is 2.42. The maximum Gasteiger partial charge on any atom is 0.269 e. The summed E-state index contributed by atoms with van der Waals surface area (Å²) in [5, 5.41) is 1.61. The molecule has 0 bridgehead atoms. The monoisotopic (exact) mass is 1100 g/mol. The molecule has 0 fully saturated rings. The van der Waals surface area contributed by atoms with Crippen LogP contribution < -0.4 is 9.30 Å². The number of pyridine rings is 1. The van der Waals surface area contributed by atoms with Gasteiger partial charge in [-0.2, -0.15) is 0 Å². The molecule has 0 saturated carbocycles. The van der Waals surface area contributed by atoms with Crippen molar-refractivity contribution in [2.75, 3.05) is 0 Å². The highest BCUT2D eigenvalue weighted by atomic mass is 16.5. The summed E-state index contributed by atoms with van der Waals surface area (Å²) in [4.78, 5) is 5.04. The first-order valence-electron chi connectivity index (χ1n) is 32.7. The summed E-state index contributed by atoms with van der Waals surface area (Å²) in [6.07, 6.45) is 6.42. The van der Waals surface area contributed by atoms with E-state index < -0.39 is 24.2 Å². The van der Waals surface area contributed by atoms with Crippen molar-refractivity contribution in [3.63, 3.8) is 0 Å². The largest absolute Gasteiger partial charge is 0.458 e. The maximum atomic E-state index is 9.25. The average Bonchev–Trinajstić information content (AvgIpc) is 1.55. The molecule has 4 aromatic heterocycles. The summed E-state index contributed by atoms with van der Waals surface area (Å²) in [7, 11) is 0. The van der Waals surface area contributed by atoms with Crippen LogP contribution in [0.5, 0.6) is 11.5 Å². The number of nitrogens with zero attached hydrogens (tertiary/aromatic N) is 5. The predicted molar refractivity (Wildman–Crippen MR) is 348 cm³/mol. The molecule has 6 nitrogen and oxygen atoms in total. The van der Waals surface area contributed by atoms with Gasteiger partial charge in [-0.1, -0.05) is 219 Å². The summed E-state index contributed by atoms with van der Waals surface area (Å²) in [6, 6.07) is 63.5. The number of benzene rings is 10. The second-order valence-corrected chi connectivity index (χ2v) is 24.7. The van der Waals surface area contributed by atoms with Gasteiger partial charge < -0.3 is 9.30 Å². The highest BCUT2D eigenvalue weighted by Gasteiger charge is 2.26. The summed E-state index contributed by atoms with van der Waals surface area (Å²) >= 11 is 0. The van der Waals surface area contributed by atoms with E-state index in [0.29, 0.717) is 23.0 Å². The Labute approximate surface area is 503 Å². The van der Waals surface area contributed by atoms with E-state index in [2.05, 4.69) is 209 Å². The van der Waals surface area contributed by atoms with Crippen LogP contribution in [0.15, 0.2) is 249 Å². The lowest BCUT2D eigenvalue weighted by Gasteiger charge is -2.27. The molecule has 0 spiro atoms. The first kappa shape index (κ1) is 43.9. The molecule has 14 rings (SSSR count). The Morgan fingerprint density at radius 1 is 0.464 bits per heavy atom. The molecule has 410 valence electrons. The van der Waals surface area contributed by atoms with Crippen molar-refractivity contribution in [1.29, 1.82) is 0 Å². The second-order valence-electron chi connectivity index (χ2n) is 24.7. The molecule has 0 unspecified atom stereocenters. The van der Waals surface area contributed by atoms with Gasteiger partial charge in [0.1, 0.15) is 17.3 Å². The Kier molecular flexibility index (Phi) is 10.6. The van der Waals surface area contributed by atoms with Gasteiger partial charge in [-0.25, -0.2) is 4.98 Å². The lowest BCUT2D eigenvalue weighted by Crippen LogP contribution is -2.31. The lowest BCUT2D eigenvalue weighted by atomic mass is 9.78. The first-order chi connectivity index (χ1) is 44.0. The molecule has 0 amide bonds. The number of rotatable bonds is 11. The van der Waals surface area contributed by atoms with Crippen LogP contribution in [0, 0.1) is 6.33 Å². The number of fused-ring (bicyclic) bond motifs is 7. The minimum atomic E-state index is -0.494. The predicted octanol–water partition coefficient (Wildman–Crippen LogP) is 19.5. The van der Waals surface area contributed by atoms with Gasteiger partial charge in [-0.15, -0.1) is 0 Å². The van der Waals surface area contributed by atoms with Crippen LogP contribution in [0.2, 0.25) is 0 Å². The van der Waals surface area contributed by atoms with Gasteiger partial charge in [0.25, 0.3) is 6.33 Å². The Morgan fingerprint density at radius 3 is 1.82 bits per heavy atom. The van der Waals surface area contributed by atoms with E-state index in [1.54, 1.807) is 4.57 Å². The fourth-order valence-corrected chi connectivity index (χ4v) is 12.1. The van der Waals surface area contributed by atoms with E-state index >= 15 is 0 Å². The van der Waals surface area contributed by atoms with Crippen molar-refractivity contribution in [3.8, 4) is 56.6 Å². The second kappa shape index (κ2) is 20.3. The molecule has 10 aromatic carbocycles. The summed E-state index contributed by atoms with van der Waals surface area (Å²) in [6.45, 7) is 18.1. The highest BCUT2D eigenvalue weighted by molar-refractivity contribution is 6.12. The van der Waals surface area contributed by atoms with E-state index in [-0.39, 0.29) is 62.2 Å². The van der Waals surface area contributed by atoms with E-state index in [0.717, 1.165) is 78.5 Å². The average molecular weight is 1100 g/mol. The van der Waals surface area contributed by atoms with Crippen LogP contribution in [0.25, 0.3) is 99.8 Å². The minimum Gasteiger partial charge on any atom is -0.458 e. The SMILES string of the molecule is [2H]c1c([2H])c([2H])c2c(c1[2H])c1c([2H])c([2H])c([2H])c([2H])c1n2-c1ccc2c(c1)c1ccc(Oc3cccc(-n4[c-][n+](-c5c(-c6ccccc6)cccc5-c5cc(C(C)(C)C)cc(C(C)(C)C)c5)c5ccccc54)c3)cc1n2-c1cc(CC(C)(C)c2ccccc2)ccn1. The Hall–Kier alpha value is -9.78. The third kappa shape index (κ3) is 9.32. The molecule has 6 heteroatoms. The Morgan fingerprint density at radius 2 is 1.11 bits per heavy atom. The Balaban J connectivity index is 0.924. The van der Waals surface area contributed by atoms with Crippen molar-refractivity contribution in [3.05, 3.63) is 277 Å². The summed E-state index contributed by atoms with van der Waals surface area (Å²) in [5.41, 5.74) is 14.7. The zero-order valence-electron chi connectivity index (χ0n) is 56.4. The lowest BCUT2D eigenvalue weighted by molar-refractivity contribution is -0.571. The van der Waals surface area contributed by atoms with Gasteiger partial charge in [-0.3, -0.25) is 13.7 Å². The maximum absolute atomic E-state index is 9.25. The standard InChI is InChI=1S/C78H67N5O/c1-76(2,3)56-44-54(45-57(46-56)77(4,5)6)63-32-22-31-62(53-23-11-9-12-24-53)75(63)81-51-80(71-35-19-20-36-72(71)81)58-27-21-28-60(47-58)84-61-38-39-66-67-48-59(82-68-33-17-15-29-64(68)65-30-16-18-34-69(65)82)37-40-70(67)83(73(66)49-61)74-43-52(41-42-79-74)50-78(7,8)55-25-13-10-14-26-55/h9-49H,50H2,1-8H3/i15D,16D,17D,18D,29D,30D,33D,34D. The number of ether oxygens (including phenoxy) is 1. The molecular weight excluding hydrogens is 1020 g/mol. The minimum absolute atomic E-state index is 0.0166. The van der Waals surface area contributed by atoms with Gasteiger partial charge >= 0.3 is 0 Å². The molecule has 4 heterocycles. The van der Waals surface area contributed by atoms with Crippen molar-refractivity contribution >= 4 is 54.6 Å². The molecule has 0 saturated heterocycles. The van der Waals surface area contributed by atoms with Crippen molar-refractivity contribution < 1.29 is 20.3 Å². The number of aromatic nitrogens is 5. The molecule has 84 heavy (non-hydrogen) atoms. The van der Waals surface area contributed by atoms with Crippen LogP contribution in [0.1, 0.15) is 88.6 Å². The number of para-hydroxylation sites is 5. The van der Waals surface area contributed by atoms with Crippen LogP contribution in [0.4, 0.5) is 0 Å². The van der Waals surface area contributed by atoms with Crippen LogP contribution >= 0.6 is 0 Å². The van der Waals surface area contributed by atoms with Crippen molar-refractivity contribution in [2.24, 2.45) is 0 Å². The third-order valence-corrected chi connectivity index (χ3v) is 16.4. The van der Waals surface area contributed by atoms with Gasteiger partial charge in [0.2, 0.25) is 0 Å². The molecule has 0 aliphatic carbocycles. The molecule has 0 radical (unpaired) electrons. The van der Waals surface area contributed by atoms with Crippen LogP contribution in [-0.2, 0) is 22.7 Å². The fraction of sp³-hybridized carbons (Fsp3) is 0.154. The zero-order chi connectivity index (χ0) is 64.4. The quantitative estimate of drug-likeness (QED) is 0.0957. The summed E-state index contributed by atoms with van der Waals surface area (Å²) in [5.74, 6) is 1.81. The third-order valence-electron chi connectivity index (χ3n) is 16.4. The van der Waals surface area contributed by atoms with Crippen LogP contribution in [-0.4, -0.2) is 18.7 Å². The smallest absolute Gasteiger partial charge is 0.269 e. The topological polar surface area (TPSA) is 40.8 Å². The van der Waals surface area contributed by atoms with Gasteiger partial charge in [0, 0.05) is 39.5 Å². The normalized spacial score (nSPS) is 13.7. The van der Waals surface area contributed by atoms with Gasteiger partial charge in [-0.05, 0) is 140 Å². The van der Waals surface area contributed by atoms with E-state index in [1.807, 2.05) is 66.9 Å². The van der Waals surface area contributed by atoms with Crippen molar-refractivity contribution in [2.45, 2.75) is 78.1 Å². The van der Waals surface area contributed by atoms with E-state index in [4.69, 9.17) is 17.9 Å². The first-order valence-corrected chi connectivity index (χ1v) is 28.7. The van der Waals surface area contributed by atoms with Gasteiger partial charge in [0.05, 0.1) is 55.4 Å². The molecule has 0 N–H and O–H groups in total.